The summed E-state index contributed by atoms with van der Waals surface area (Å²) in [4.78, 5) is 19.9. The molecule has 4 atom stereocenters. The van der Waals surface area contributed by atoms with Gasteiger partial charge in [0.25, 0.3) is 5.69 Å². The van der Waals surface area contributed by atoms with Crippen molar-refractivity contribution in [3.8, 4) is 5.75 Å². The van der Waals surface area contributed by atoms with Gasteiger partial charge in [0, 0.05) is 6.07 Å². The molecule has 0 spiro atoms. The molecule has 0 saturated heterocycles. The molecule has 0 aromatic heterocycles. The van der Waals surface area contributed by atoms with Crippen LogP contribution < -0.4 is 4.74 Å². The second kappa shape index (κ2) is 6.86. The van der Waals surface area contributed by atoms with Gasteiger partial charge in [-0.3, -0.25) is 20.2 Å². The highest BCUT2D eigenvalue weighted by Crippen LogP contribution is 2.34. The van der Waals surface area contributed by atoms with Gasteiger partial charge in [-0.05, 0) is 17.7 Å². The number of aliphatic hydroxyl groups excluding tert-OH is 3. The monoisotopic (exact) mass is 344 g/mol. The van der Waals surface area contributed by atoms with E-state index in [-0.39, 0.29) is 5.57 Å². The molecule has 24 heavy (non-hydrogen) atoms. The van der Waals surface area contributed by atoms with Gasteiger partial charge in [-0.2, -0.15) is 0 Å². The van der Waals surface area contributed by atoms with E-state index in [1.165, 1.54) is 0 Å². The lowest BCUT2D eigenvalue weighted by Gasteiger charge is -2.32. The van der Waals surface area contributed by atoms with Gasteiger partial charge in [0.1, 0.15) is 12.2 Å². The van der Waals surface area contributed by atoms with Crippen LogP contribution in [0.5, 0.6) is 5.75 Å². The van der Waals surface area contributed by atoms with E-state index in [2.05, 4.69) is 0 Å². The Kier molecular flexibility index (Phi) is 5.07. The molecule has 0 fully saturated rings. The normalized spacial score (nSPS) is 26.6. The molecule has 1 aromatic carbocycles. The Hall–Kier alpha value is -2.63. The molecule has 0 amide bonds. The molecule has 130 valence electrons. The molecule has 0 aliphatic heterocycles. The molecule has 3 N–H and O–H groups in total. The number of rotatable bonds is 5. The summed E-state index contributed by atoms with van der Waals surface area (Å²) in [6, 6.07) is 2.54. The molecular weight excluding hydrogens is 331 g/mol. The Morgan fingerprint density at radius 1 is 1.21 bits per heavy atom. The minimum atomic E-state index is -2.12. The van der Waals surface area contributed by atoms with Crippen LogP contribution >= 0.6 is 0 Å². The highest BCUT2D eigenvalue weighted by molar-refractivity contribution is 5.53. The number of benzene rings is 1. The minimum absolute atomic E-state index is 0.106. The van der Waals surface area contributed by atoms with Crippen molar-refractivity contribution in [1.82, 2.24) is 0 Å². The summed E-state index contributed by atoms with van der Waals surface area (Å²) >= 11 is 0. The molecule has 0 saturated carbocycles. The van der Waals surface area contributed by atoms with Gasteiger partial charge in [0.2, 0.25) is 0 Å². The standard InChI is InChI=1S/C13H13FN2O8/c14-11-10(3-6(5-17)12(18)13(11)19)24-9-2-1-7(15(20)21)4-8(9)16(22)23/h1-4,10-13,17-19H,5H2/t10-,11+,12+,13-/m1/s1. The first-order valence-electron chi connectivity index (χ1n) is 6.67. The second-order valence-corrected chi connectivity index (χ2v) is 5.03. The van der Waals surface area contributed by atoms with Crippen molar-refractivity contribution in [2.75, 3.05) is 6.61 Å². The number of halogens is 1. The fraction of sp³-hybridized carbons (Fsp3) is 0.385. The van der Waals surface area contributed by atoms with Crippen LogP contribution in [0.2, 0.25) is 0 Å². The van der Waals surface area contributed by atoms with Gasteiger partial charge in [0.05, 0.1) is 22.5 Å². The number of hydrogen-bond acceptors (Lipinski definition) is 8. The van der Waals surface area contributed by atoms with E-state index >= 15 is 0 Å². The van der Waals surface area contributed by atoms with Gasteiger partial charge < -0.3 is 20.1 Å². The van der Waals surface area contributed by atoms with Crippen LogP contribution in [0, 0.1) is 20.2 Å². The van der Waals surface area contributed by atoms with Gasteiger partial charge in [0.15, 0.2) is 18.0 Å². The summed E-state index contributed by atoms with van der Waals surface area (Å²) < 4.78 is 19.2. The molecule has 0 unspecified atom stereocenters. The number of non-ortho nitro benzene ring substituents is 1. The molecule has 0 bridgehead atoms. The molecule has 11 heteroatoms. The molecule has 1 aromatic rings. The topological polar surface area (TPSA) is 156 Å². The predicted molar refractivity (Wildman–Crippen MR) is 76.2 cm³/mol. The van der Waals surface area contributed by atoms with Gasteiger partial charge in [-0.1, -0.05) is 0 Å². The Morgan fingerprint density at radius 3 is 2.42 bits per heavy atom. The first-order valence-corrected chi connectivity index (χ1v) is 6.67. The van der Waals surface area contributed by atoms with Crippen LogP contribution in [0.4, 0.5) is 15.8 Å². The quantitative estimate of drug-likeness (QED) is 0.389. The number of ether oxygens (including phenoxy) is 1. The lowest BCUT2D eigenvalue weighted by Crippen LogP contribution is -2.48. The number of nitro groups is 2. The third-order valence-electron chi connectivity index (χ3n) is 3.52. The lowest BCUT2D eigenvalue weighted by atomic mass is 9.90. The van der Waals surface area contributed by atoms with E-state index in [0.29, 0.717) is 6.07 Å². The van der Waals surface area contributed by atoms with Crippen molar-refractivity contribution in [2.24, 2.45) is 0 Å². The Balaban J connectivity index is 2.38. The fourth-order valence-electron chi connectivity index (χ4n) is 2.24. The fourth-order valence-corrected chi connectivity index (χ4v) is 2.24. The van der Waals surface area contributed by atoms with E-state index < -0.39 is 58.1 Å². The molecule has 10 nitrogen and oxygen atoms in total. The van der Waals surface area contributed by atoms with Gasteiger partial charge >= 0.3 is 5.69 Å². The predicted octanol–water partition coefficient (Wildman–Crippen LogP) is 0.243. The van der Waals surface area contributed by atoms with Crippen LogP contribution in [0.3, 0.4) is 0 Å². The van der Waals surface area contributed by atoms with Crippen molar-refractivity contribution in [3.63, 3.8) is 0 Å². The minimum Gasteiger partial charge on any atom is -0.476 e. The van der Waals surface area contributed by atoms with Crippen LogP contribution in [-0.4, -0.2) is 56.3 Å². The zero-order chi connectivity index (χ0) is 18.0. The summed E-state index contributed by atoms with van der Waals surface area (Å²) in [6.45, 7) is -0.673. The highest BCUT2D eigenvalue weighted by atomic mass is 19.1. The van der Waals surface area contributed by atoms with Crippen LogP contribution in [0.15, 0.2) is 29.8 Å². The average molecular weight is 344 g/mol. The maximum absolute atomic E-state index is 14.1. The Bertz CT molecular complexity index is 695. The number of aliphatic hydroxyl groups is 3. The van der Waals surface area contributed by atoms with Crippen LogP contribution in [0.25, 0.3) is 0 Å². The van der Waals surface area contributed by atoms with E-state index in [1.54, 1.807) is 0 Å². The van der Waals surface area contributed by atoms with E-state index in [1.807, 2.05) is 0 Å². The number of alkyl halides is 1. The maximum atomic E-state index is 14.1. The van der Waals surface area contributed by atoms with Crippen molar-refractivity contribution >= 4 is 11.4 Å². The van der Waals surface area contributed by atoms with E-state index in [9.17, 15) is 34.8 Å². The summed E-state index contributed by atoms with van der Waals surface area (Å²) in [6.07, 6.45) is -6.15. The largest absolute Gasteiger partial charge is 0.476 e. The highest BCUT2D eigenvalue weighted by Gasteiger charge is 2.40. The van der Waals surface area contributed by atoms with Gasteiger partial charge in [-0.15, -0.1) is 0 Å². The average Bonchev–Trinajstić information content (AvgIpc) is 2.55. The summed E-state index contributed by atoms with van der Waals surface area (Å²) in [7, 11) is 0. The van der Waals surface area contributed by atoms with Crippen molar-refractivity contribution in [3.05, 3.63) is 50.1 Å². The van der Waals surface area contributed by atoms with Crippen molar-refractivity contribution in [1.29, 1.82) is 0 Å². The smallest absolute Gasteiger partial charge is 0.317 e. The first-order chi connectivity index (χ1) is 11.3. The molecular formula is C13H13FN2O8. The molecule has 0 heterocycles. The Labute approximate surface area is 133 Å². The second-order valence-electron chi connectivity index (χ2n) is 5.03. The maximum Gasteiger partial charge on any atom is 0.317 e. The first kappa shape index (κ1) is 17.7. The van der Waals surface area contributed by atoms with Crippen LogP contribution in [0.1, 0.15) is 0 Å². The zero-order valence-electron chi connectivity index (χ0n) is 12.0. The van der Waals surface area contributed by atoms with E-state index in [4.69, 9.17) is 9.84 Å². The molecule has 0 radical (unpaired) electrons. The number of hydrogen-bond donors (Lipinski definition) is 3. The molecule has 1 aliphatic carbocycles. The van der Waals surface area contributed by atoms with E-state index in [0.717, 1.165) is 18.2 Å². The van der Waals surface area contributed by atoms with Crippen molar-refractivity contribution in [2.45, 2.75) is 24.5 Å². The molecule has 2 rings (SSSR count). The summed E-state index contributed by atoms with van der Waals surface area (Å²) in [5, 5.41) is 50.0. The lowest BCUT2D eigenvalue weighted by molar-refractivity contribution is -0.394. The SMILES string of the molecule is O=[N+]([O-])c1ccc(O[C@@H]2C=C(CO)[C@H](O)[C@H](O)[C@H]2F)c([N+](=O)[O-])c1. The zero-order valence-corrected chi connectivity index (χ0v) is 12.0. The third kappa shape index (κ3) is 3.32. The summed E-state index contributed by atoms with van der Waals surface area (Å²) in [5.41, 5.74) is -1.40. The van der Waals surface area contributed by atoms with Crippen LogP contribution in [-0.2, 0) is 0 Å². The number of nitrogens with zero attached hydrogens (tertiary/aromatic N) is 2. The van der Waals surface area contributed by atoms with Gasteiger partial charge in [-0.25, -0.2) is 4.39 Å². The Morgan fingerprint density at radius 2 is 1.88 bits per heavy atom. The number of nitro benzene ring substituents is 2. The molecule has 1 aliphatic rings. The summed E-state index contributed by atoms with van der Waals surface area (Å²) in [5.74, 6) is -0.449. The third-order valence-corrected chi connectivity index (χ3v) is 3.52. The van der Waals surface area contributed by atoms with Crippen molar-refractivity contribution < 1.29 is 34.3 Å².